The molecule has 1 aromatic heterocycles. The lowest BCUT2D eigenvalue weighted by Gasteiger charge is -2.21. The van der Waals surface area contributed by atoms with Crippen molar-refractivity contribution in [1.82, 2.24) is 15.1 Å². The van der Waals surface area contributed by atoms with Gasteiger partial charge in [-0.15, -0.1) is 0 Å². The highest BCUT2D eigenvalue weighted by molar-refractivity contribution is 5.93. The van der Waals surface area contributed by atoms with E-state index >= 15 is 0 Å². The van der Waals surface area contributed by atoms with Crippen molar-refractivity contribution in [3.8, 4) is 5.75 Å². The van der Waals surface area contributed by atoms with E-state index in [1.165, 1.54) is 0 Å². The molecular formula is C14H16N4O2. The number of aromatic amines is 1. The first kappa shape index (κ1) is 12.5. The van der Waals surface area contributed by atoms with Gasteiger partial charge in [0.2, 0.25) is 0 Å². The summed E-state index contributed by atoms with van der Waals surface area (Å²) in [5.74, 6) is 0.401. The summed E-state index contributed by atoms with van der Waals surface area (Å²) in [5, 5.41) is 15.9. The molecule has 1 amide bonds. The Kier molecular flexibility index (Phi) is 3.06. The smallest absolute Gasteiger partial charge is 0.272 e. The van der Waals surface area contributed by atoms with Gasteiger partial charge in [0.1, 0.15) is 17.3 Å². The molecule has 1 fully saturated rings. The summed E-state index contributed by atoms with van der Waals surface area (Å²) in [5.41, 5.74) is 6.83. The highest BCUT2D eigenvalue weighted by Gasteiger charge is 2.33. The number of carbonyl (C=O) groups excluding carboxylic acids is 1. The van der Waals surface area contributed by atoms with Crippen LogP contribution in [0.25, 0.3) is 0 Å². The Morgan fingerprint density at radius 3 is 2.85 bits per heavy atom. The zero-order chi connectivity index (χ0) is 14.1. The molecule has 1 saturated carbocycles. The van der Waals surface area contributed by atoms with Crippen LogP contribution in [0.5, 0.6) is 5.75 Å². The number of phenols is 1. The van der Waals surface area contributed by atoms with Crippen molar-refractivity contribution >= 4 is 11.7 Å². The van der Waals surface area contributed by atoms with Crippen LogP contribution >= 0.6 is 0 Å². The number of nitrogens with one attached hydrogen (secondary N) is 1. The lowest BCUT2D eigenvalue weighted by Crippen LogP contribution is -2.32. The monoisotopic (exact) mass is 272 g/mol. The molecule has 1 aromatic carbocycles. The molecule has 1 aliphatic rings. The van der Waals surface area contributed by atoms with Crippen molar-refractivity contribution in [2.24, 2.45) is 0 Å². The molecule has 6 heteroatoms. The van der Waals surface area contributed by atoms with Crippen LogP contribution < -0.4 is 5.73 Å². The average Bonchev–Trinajstić information content (AvgIpc) is 3.17. The van der Waals surface area contributed by atoms with Gasteiger partial charge in [0, 0.05) is 18.7 Å². The van der Waals surface area contributed by atoms with Crippen LogP contribution in [-0.4, -0.2) is 32.2 Å². The maximum atomic E-state index is 12.5. The molecule has 6 nitrogen and oxygen atoms in total. The first-order chi connectivity index (χ1) is 9.63. The Morgan fingerprint density at radius 2 is 2.25 bits per heavy atom. The Balaban J connectivity index is 1.81. The standard InChI is InChI=1S/C14H16N4O2/c15-13-7-12(16-17-13)14(20)18(10-4-5-10)8-9-2-1-3-11(19)6-9/h1-3,6-7,10,19H,4-5,8H2,(H3,15,16,17). The number of benzene rings is 1. The van der Waals surface area contributed by atoms with Crippen molar-refractivity contribution < 1.29 is 9.90 Å². The average molecular weight is 272 g/mol. The number of phenolic OH excluding ortho intramolecular Hbond substituents is 1. The molecule has 4 N–H and O–H groups in total. The van der Waals surface area contributed by atoms with Gasteiger partial charge in [0.25, 0.3) is 5.91 Å². The number of H-pyrrole nitrogens is 1. The number of hydrogen-bond donors (Lipinski definition) is 3. The van der Waals surface area contributed by atoms with E-state index in [0.29, 0.717) is 18.1 Å². The maximum absolute atomic E-state index is 12.5. The number of amides is 1. The predicted octanol–water partition coefficient (Wildman–Crippen LogP) is 1.50. The van der Waals surface area contributed by atoms with E-state index in [0.717, 1.165) is 18.4 Å². The molecule has 0 saturated heterocycles. The van der Waals surface area contributed by atoms with Crippen LogP contribution in [0, 0.1) is 0 Å². The van der Waals surface area contributed by atoms with Crippen molar-refractivity contribution in [3.63, 3.8) is 0 Å². The third kappa shape index (κ3) is 2.59. The van der Waals surface area contributed by atoms with Gasteiger partial charge in [-0.1, -0.05) is 12.1 Å². The normalized spacial score (nSPS) is 14.2. The summed E-state index contributed by atoms with van der Waals surface area (Å²) in [7, 11) is 0. The van der Waals surface area contributed by atoms with Gasteiger partial charge in [0.05, 0.1) is 0 Å². The number of nitrogen functional groups attached to an aromatic ring is 1. The molecule has 2 aromatic rings. The number of aromatic hydroxyl groups is 1. The fourth-order valence-corrected chi connectivity index (χ4v) is 2.21. The number of aromatic nitrogens is 2. The molecule has 104 valence electrons. The highest BCUT2D eigenvalue weighted by atomic mass is 16.3. The number of anilines is 1. The van der Waals surface area contributed by atoms with E-state index in [2.05, 4.69) is 10.2 Å². The molecule has 0 bridgehead atoms. The van der Waals surface area contributed by atoms with Crippen LogP contribution in [-0.2, 0) is 6.54 Å². The van der Waals surface area contributed by atoms with Gasteiger partial charge in [-0.05, 0) is 30.5 Å². The SMILES string of the molecule is Nc1cc(C(=O)N(Cc2cccc(O)c2)C2CC2)[nH]n1. The first-order valence-corrected chi connectivity index (χ1v) is 6.53. The second-order valence-electron chi connectivity index (χ2n) is 5.04. The number of rotatable bonds is 4. The Hall–Kier alpha value is -2.50. The molecule has 0 aliphatic heterocycles. The summed E-state index contributed by atoms with van der Waals surface area (Å²) in [6.45, 7) is 0.469. The Labute approximate surface area is 116 Å². The fourth-order valence-electron chi connectivity index (χ4n) is 2.21. The lowest BCUT2D eigenvalue weighted by molar-refractivity contribution is 0.0723. The summed E-state index contributed by atoms with van der Waals surface area (Å²) in [6, 6.07) is 8.75. The molecule has 0 atom stereocenters. The summed E-state index contributed by atoms with van der Waals surface area (Å²) >= 11 is 0. The fraction of sp³-hybridized carbons (Fsp3) is 0.286. The number of nitrogens with two attached hydrogens (primary N) is 1. The zero-order valence-electron chi connectivity index (χ0n) is 10.9. The van der Waals surface area contributed by atoms with Crippen LogP contribution in [0.1, 0.15) is 28.9 Å². The van der Waals surface area contributed by atoms with Gasteiger partial charge in [-0.2, -0.15) is 5.10 Å². The molecule has 0 spiro atoms. The summed E-state index contributed by atoms with van der Waals surface area (Å²) < 4.78 is 0. The summed E-state index contributed by atoms with van der Waals surface area (Å²) in [4.78, 5) is 14.3. The van der Waals surface area contributed by atoms with Gasteiger partial charge in [-0.25, -0.2) is 0 Å². The van der Waals surface area contributed by atoms with Crippen LogP contribution in [0.4, 0.5) is 5.82 Å². The minimum atomic E-state index is -0.111. The third-order valence-electron chi connectivity index (χ3n) is 3.34. The van der Waals surface area contributed by atoms with Crippen LogP contribution in [0.15, 0.2) is 30.3 Å². The maximum Gasteiger partial charge on any atom is 0.272 e. The van der Waals surface area contributed by atoms with E-state index in [1.54, 1.807) is 29.2 Å². The van der Waals surface area contributed by atoms with Gasteiger partial charge in [-0.3, -0.25) is 9.89 Å². The second-order valence-corrected chi connectivity index (χ2v) is 5.04. The Bertz CT molecular complexity index is 634. The Morgan fingerprint density at radius 1 is 1.45 bits per heavy atom. The van der Waals surface area contributed by atoms with E-state index in [4.69, 9.17) is 5.73 Å². The van der Waals surface area contributed by atoms with Crippen molar-refractivity contribution in [3.05, 3.63) is 41.6 Å². The lowest BCUT2D eigenvalue weighted by atomic mass is 10.2. The molecule has 1 heterocycles. The molecule has 20 heavy (non-hydrogen) atoms. The number of hydrogen-bond acceptors (Lipinski definition) is 4. The van der Waals surface area contributed by atoms with E-state index < -0.39 is 0 Å². The van der Waals surface area contributed by atoms with E-state index in [1.807, 2.05) is 6.07 Å². The first-order valence-electron chi connectivity index (χ1n) is 6.53. The topological polar surface area (TPSA) is 95.2 Å². The number of carbonyl (C=O) groups is 1. The molecule has 3 rings (SSSR count). The molecule has 1 aliphatic carbocycles. The quantitative estimate of drug-likeness (QED) is 0.786. The van der Waals surface area contributed by atoms with E-state index in [-0.39, 0.29) is 17.7 Å². The highest BCUT2D eigenvalue weighted by Crippen LogP contribution is 2.30. The van der Waals surface area contributed by atoms with E-state index in [9.17, 15) is 9.90 Å². The minimum absolute atomic E-state index is 0.111. The minimum Gasteiger partial charge on any atom is -0.508 e. The van der Waals surface area contributed by atoms with Crippen LogP contribution in [0.2, 0.25) is 0 Å². The van der Waals surface area contributed by atoms with Crippen molar-refractivity contribution in [2.45, 2.75) is 25.4 Å². The molecule has 0 radical (unpaired) electrons. The van der Waals surface area contributed by atoms with Gasteiger partial charge >= 0.3 is 0 Å². The third-order valence-corrected chi connectivity index (χ3v) is 3.34. The van der Waals surface area contributed by atoms with Gasteiger partial charge in [0.15, 0.2) is 0 Å². The predicted molar refractivity (Wildman–Crippen MR) is 74.0 cm³/mol. The van der Waals surface area contributed by atoms with Crippen LogP contribution in [0.3, 0.4) is 0 Å². The zero-order valence-corrected chi connectivity index (χ0v) is 10.9. The largest absolute Gasteiger partial charge is 0.508 e. The number of nitrogens with zero attached hydrogens (tertiary/aromatic N) is 2. The molecule has 0 unspecified atom stereocenters. The second kappa shape index (κ2) is 4.88. The van der Waals surface area contributed by atoms with Crippen molar-refractivity contribution in [2.75, 3.05) is 5.73 Å². The van der Waals surface area contributed by atoms with Gasteiger partial charge < -0.3 is 15.7 Å². The summed E-state index contributed by atoms with van der Waals surface area (Å²) in [6.07, 6.45) is 2.02. The van der Waals surface area contributed by atoms with Crippen molar-refractivity contribution in [1.29, 1.82) is 0 Å². The molecular weight excluding hydrogens is 256 g/mol.